The lowest BCUT2D eigenvalue weighted by atomic mass is 9.92. The number of aryl methyl sites for hydroxylation is 1. The number of carbonyl (C=O) groups is 3. The van der Waals surface area contributed by atoms with Crippen molar-refractivity contribution in [3.05, 3.63) is 65.2 Å². The normalized spacial score (nSPS) is 20.1. The van der Waals surface area contributed by atoms with Gasteiger partial charge in [-0.15, -0.1) is 0 Å². The van der Waals surface area contributed by atoms with Crippen LogP contribution in [0, 0.1) is 0 Å². The van der Waals surface area contributed by atoms with Crippen molar-refractivity contribution in [3.8, 4) is 0 Å². The predicted octanol–water partition coefficient (Wildman–Crippen LogP) is 2.05. The van der Waals surface area contributed by atoms with Crippen molar-refractivity contribution in [1.82, 2.24) is 10.2 Å². The third-order valence-electron chi connectivity index (χ3n) is 5.89. The number of amides is 3. The molecule has 1 heterocycles. The Labute approximate surface area is 180 Å². The molecular weight excluding hydrogens is 418 g/mol. The van der Waals surface area contributed by atoms with Crippen molar-refractivity contribution in [3.63, 3.8) is 0 Å². The summed E-state index contributed by atoms with van der Waals surface area (Å²) in [7, 11) is -3.43. The number of Topliss-reactive ketones (excluding diaryl/α,β-unsaturated/α-hetero) is 1. The molecule has 0 saturated carbocycles. The van der Waals surface area contributed by atoms with Gasteiger partial charge in [0.25, 0.3) is 5.91 Å². The fourth-order valence-electron chi connectivity index (χ4n) is 4.39. The quantitative estimate of drug-likeness (QED) is 0.546. The van der Waals surface area contributed by atoms with Crippen molar-refractivity contribution in [1.29, 1.82) is 0 Å². The van der Waals surface area contributed by atoms with Gasteiger partial charge in [0, 0.05) is 12.1 Å². The number of hydrogen-bond donors (Lipinski definition) is 1. The Morgan fingerprint density at radius 1 is 1.13 bits per heavy atom. The molecule has 162 valence electrons. The van der Waals surface area contributed by atoms with Crippen LogP contribution in [0.3, 0.4) is 0 Å². The zero-order valence-electron chi connectivity index (χ0n) is 17.3. The van der Waals surface area contributed by atoms with E-state index in [9.17, 15) is 22.8 Å². The molecule has 0 bridgehead atoms. The van der Waals surface area contributed by atoms with E-state index in [1.165, 1.54) is 16.4 Å². The summed E-state index contributed by atoms with van der Waals surface area (Å²) in [5.41, 5.74) is 1.44. The number of imide groups is 1. The molecule has 3 amide bonds. The van der Waals surface area contributed by atoms with E-state index in [4.69, 9.17) is 0 Å². The number of urea groups is 1. The molecule has 1 saturated heterocycles. The van der Waals surface area contributed by atoms with Gasteiger partial charge in [0.05, 0.1) is 18.5 Å². The number of nitrogens with zero attached hydrogens (tertiary/aromatic N) is 2. The monoisotopic (exact) mass is 441 g/mol. The maximum Gasteiger partial charge on any atom is 0.325 e. The Morgan fingerprint density at radius 3 is 2.45 bits per heavy atom. The summed E-state index contributed by atoms with van der Waals surface area (Å²) < 4.78 is 25.0. The van der Waals surface area contributed by atoms with Crippen LogP contribution in [-0.2, 0) is 26.8 Å². The highest BCUT2D eigenvalue weighted by molar-refractivity contribution is 7.92. The zero-order chi connectivity index (χ0) is 22.4. The SMILES string of the molecule is CCN(c1ccc(C(=O)CN2C(=O)N[C@]3(CCc4ccccc43)C2=O)cc1)S(C)(=O)=O. The predicted molar refractivity (Wildman–Crippen MR) is 115 cm³/mol. The van der Waals surface area contributed by atoms with Gasteiger partial charge in [-0.05, 0) is 55.2 Å². The largest absolute Gasteiger partial charge is 0.325 e. The average Bonchev–Trinajstić information content (AvgIpc) is 3.21. The van der Waals surface area contributed by atoms with Crippen molar-refractivity contribution in [2.75, 3.05) is 23.7 Å². The molecule has 2 aliphatic rings. The number of nitrogens with one attached hydrogen (secondary N) is 1. The van der Waals surface area contributed by atoms with Crippen LogP contribution in [0.2, 0.25) is 0 Å². The second-order valence-corrected chi connectivity index (χ2v) is 9.69. The number of anilines is 1. The van der Waals surface area contributed by atoms with Crippen molar-refractivity contribution in [2.45, 2.75) is 25.3 Å². The third kappa shape index (κ3) is 3.48. The summed E-state index contributed by atoms with van der Waals surface area (Å²) in [6, 6.07) is 13.0. The van der Waals surface area contributed by atoms with E-state index < -0.39 is 33.3 Å². The molecule has 0 unspecified atom stereocenters. The van der Waals surface area contributed by atoms with Crippen molar-refractivity contribution in [2.24, 2.45) is 0 Å². The van der Waals surface area contributed by atoms with Crippen LogP contribution in [0.5, 0.6) is 0 Å². The summed E-state index contributed by atoms with van der Waals surface area (Å²) in [5, 5.41) is 2.80. The second kappa shape index (κ2) is 7.49. The minimum Gasteiger partial charge on any atom is -0.319 e. The molecule has 1 aliphatic heterocycles. The third-order valence-corrected chi connectivity index (χ3v) is 7.16. The minimum atomic E-state index is -3.43. The summed E-state index contributed by atoms with van der Waals surface area (Å²) in [6.45, 7) is 1.60. The molecule has 31 heavy (non-hydrogen) atoms. The smallest absolute Gasteiger partial charge is 0.319 e. The number of ketones is 1. The fraction of sp³-hybridized carbons (Fsp3) is 0.318. The Balaban J connectivity index is 1.53. The van der Waals surface area contributed by atoms with Crippen LogP contribution < -0.4 is 9.62 Å². The van der Waals surface area contributed by atoms with Crippen LogP contribution in [0.1, 0.15) is 34.8 Å². The van der Waals surface area contributed by atoms with E-state index in [1.807, 2.05) is 24.3 Å². The van der Waals surface area contributed by atoms with Gasteiger partial charge in [0.1, 0.15) is 5.54 Å². The molecule has 0 aromatic heterocycles. The number of hydrogen-bond acceptors (Lipinski definition) is 5. The first kappa shape index (κ1) is 21.0. The van der Waals surface area contributed by atoms with Gasteiger partial charge < -0.3 is 5.32 Å². The summed E-state index contributed by atoms with van der Waals surface area (Å²) >= 11 is 0. The average molecular weight is 442 g/mol. The van der Waals surface area contributed by atoms with Gasteiger partial charge in [-0.1, -0.05) is 24.3 Å². The van der Waals surface area contributed by atoms with Gasteiger partial charge in [0.15, 0.2) is 5.78 Å². The van der Waals surface area contributed by atoms with E-state index in [-0.39, 0.29) is 13.1 Å². The second-order valence-electron chi connectivity index (χ2n) is 7.78. The topological polar surface area (TPSA) is 104 Å². The molecule has 1 N–H and O–H groups in total. The summed E-state index contributed by atoms with van der Waals surface area (Å²) in [5.74, 6) is -0.817. The van der Waals surface area contributed by atoms with Crippen molar-refractivity contribution >= 4 is 33.4 Å². The summed E-state index contributed by atoms with van der Waals surface area (Å²) in [4.78, 5) is 39.5. The summed E-state index contributed by atoms with van der Waals surface area (Å²) in [6.07, 6.45) is 2.26. The Kier molecular flexibility index (Phi) is 5.09. The Morgan fingerprint density at radius 2 is 1.81 bits per heavy atom. The van der Waals surface area contributed by atoms with Gasteiger partial charge in [-0.3, -0.25) is 18.8 Å². The van der Waals surface area contributed by atoms with Crippen molar-refractivity contribution < 1.29 is 22.8 Å². The molecule has 1 atom stereocenters. The minimum absolute atomic E-state index is 0.262. The van der Waals surface area contributed by atoms with E-state index in [0.29, 0.717) is 24.1 Å². The lowest BCUT2D eigenvalue weighted by Crippen LogP contribution is -2.42. The van der Waals surface area contributed by atoms with Gasteiger partial charge >= 0.3 is 6.03 Å². The van der Waals surface area contributed by atoms with Crippen LogP contribution >= 0.6 is 0 Å². The zero-order valence-corrected chi connectivity index (χ0v) is 18.1. The van der Waals surface area contributed by atoms with Gasteiger partial charge in [-0.25, -0.2) is 13.2 Å². The van der Waals surface area contributed by atoms with E-state index in [0.717, 1.165) is 22.3 Å². The molecule has 0 radical (unpaired) electrons. The van der Waals surface area contributed by atoms with Gasteiger partial charge in [0.2, 0.25) is 10.0 Å². The molecular formula is C22H23N3O5S. The van der Waals surface area contributed by atoms with Gasteiger partial charge in [-0.2, -0.15) is 0 Å². The molecule has 8 nitrogen and oxygen atoms in total. The van der Waals surface area contributed by atoms with Crippen LogP contribution in [-0.4, -0.2) is 50.4 Å². The van der Waals surface area contributed by atoms with E-state index in [2.05, 4.69) is 5.32 Å². The lowest BCUT2D eigenvalue weighted by Gasteiger charge is -2.22. The maximum absolute atomic E-state index is 13.2. The molecule has 4 rings (SSSR count). The molecule has 1 fully saturated rings. The highest BCUT2D eigenvalue weighted by Crippen LogP contribution is 2.41. The molecule has 1 aliphatic carbocycles. The van der Waals surface area contributed by atoms with E-state index >= 15 is 0 Å². The first-order valence-corrected chi connectivity index (χ1v) is 11.9. The highest BCUT2D eigenvalue weighted by Gasteiger charge is 2.55. The number of rotatable bonds is 6. The van der Waals surface area contributed by atoms with Crippen LogP contribution in [0.4, 0.5) is 10.5 Å². The molecule has 1 spiro atoms. The standard InChI is InChI=1S/C22H23N3O5S/c1-3-25(31(2,29)30)17-10-8-16(9-11-17)19(26)14-24-20(27)22(23-21(24)28)13-12-15-6-4-5-7-18(15)22/h4-11H,3,12-14H2,1-2H3,(H,23,28)/t22-/m0/s1. The fourth-order valence-corrected chi connectivity index (χ4v) is 5.36. The number of fused-ring (bicyclic) bond motifs is 2. The first-order valence-electron chi connectivity index (χ1n) is 10.0. The van der Waals surface area contributed by atoms with Crippen LogP contribution in [0.25, 0.3) is 0 Å². The molecule has 2 aromatic carbocycles. The Hall–Kier alpha value is -3.20. The number of sulfonamides is 1. The number of benzene rings is 2. The molecule has 2 aromatic rings. The van der Waals surface area contributed by atoms with Crippen LogP contribution in [0.15, 0.2) is 48.5 Å². The van der Waals surface area contributed by atoms with E-state index in [1.54, 1.807) is 19.1 Å². The maximum atomic E-state index is 13.2. The number of carbonyl (C=O) groups excluding carboxylic acids is 3. The molecule has 9 heteroatoms. The first-order chi connectivity index (χ1) is 14.7. The highest BCUT2D eigenvalue weighted by atomic mass is 32.2. The Bertz CT molecular complexity index is 1180. The lowest BCUT2D eigenvalue weighted by molar-refractivity contribution is -0.131.